The predicted octanol–water partition coefficient (Wildman–Crippen LogP) is 4.03. The number of nitrogens with one attached hydrogen (secondary N) is 1. The maximum Gasteiger partial charge on any atom is 0.123 e. The van der Waals surface area contributed by atoms with Crippen molar-refractivity contribution in [2.45, 2.75) is 38.3 Å². The van der Waals surface area contributed by atoms with Crippen LogP contribution in [0, 0.1) is 5.82 Å². The Bertz CT molecular complexity index is 593. The maximum atomic E-state index is 13.3. The van der Waals surface area contributed by atoms with Crippen LogP contribution < -0.4 is 5.32 Å². The van der Waals surface area contributed by atoms with Crippen LogP contribution in [0.4, 0.5) is 4.39 Å². The van der Waals surface area contributed by atoms with E-state index in [9.17, 15) is 4.39 Å². The van der Waals surface area contributed by atoms with Gasteiger partial charge in [0.05, 0.1) is 0 Å². The number of hydrogen-bond donors (Lipinski definition) is 1. The van der Waals surface area contributed by atoms with E-state index in [0.717, 1.165) is 24.8 Å². The van der Waals surface area contributed by atoms with Crippen LogP contribution in [-0.2, 0) is 12.8 Å². The van der Waals surface area contributed by atoms with Crippen LogP contribution in [0.1, 0.15) is 36.1 Å². The van der Waals surface area contributed by atoms with Gasteiger partial charge in [-0.3, -0.25) is 0 Å². The minimum absolute atomic E-state index is 0.162. The van der Waals surface area contributed by atoms with E-state index in [0.29, 0.717) is 6.04 Å². The Morgan fingerprint density at radius 2 is 1.90 bits per heavy atom. The Hall–Kier alpha value is -1.67. The molecular formula is C18H20FN. The van der Waals surface area contributed by atoms with Crippen LogP contribution in [0.3, 0.4) is 0 Å². The molecule has 104 valence electrons. The fourth-order valence-corrected chi connectivity index (χ4v) is 3.07. The first-order chi connectivity index (χ1) is 9.72. The summed E-state index contributed by atoms with van der Waals surface area (Å²) in [6.45, 7) is 2.11. The molecule has 1 aliphatic carbocycles. The molecule has 0 fully saturated rings. The lowest BCUT2D eigenvalue weighted by Gasteiger charge is -2.28. The van der Waals surface area contributed by atoms with Gasteiger partial charge in [0, 0.05) is 12.1 Å². The summed E-state index contributed by atoms with van der Waals surface area (Å²) in [7, 11) is 0. The van der Waals surface area contributed by atoms with Crippen molar-refractivity contribution in [3.05, 3.63) is 71.0 Å². The summed E-state index contributed by atoms with van der Waals surface area (Å²) in [6.07, 6.45) is 3.34. The number of aryl methyl sites for hydroxylation is 1. The number of rotatable bonds is 3. The monoisotopic (exact) mass is 269 g/mol. The fourth-order valence-electron chi connectivity index (χ4n) is 3.07. The maximum absolute atomic E-state index is 13.3. The quantitative estimate of drug-likeness (QED) is 0.887. The van der Waals surface area contributed by atoms with Crippen LogP contribution in [-0.4, -0.2) is 6.04 Å². The molecule has 0 amide bonds. The van der Waals surface area contributed by atoms with Gasteiger partial charge < -0.3 is 5.32 Å². The highest BCUT2D eigenvalue weighted by atomic mass is 19.1. The van der Waals surface area contributed by atoms with Crippen LogP contribution in [0.15, 0.2) is 48.5 Å². The van der Waals surface area contributed by atoms with E-state index >= 15 is 0 Å². The highest BCUT2D eigenvalue weighted by molar-refractivity contribution is 5.30. The highest BCUT2D eigenvalue weighted by Crippen LogP contribution is 2.23. The van der Waals surface area contributed by atoms with Gasteiger partial charge in [0.1, 0.15) is 5.82 Å². The molecule has 0 aliphatic heterocycles. The molecule has 0 spiro atoms. The van der Waals surface area contributed by atoms with E-state index in [1.54, 1.807) is 12.1 Å². The van der Waals surface area contributed by atoms with Crippen molar-refractivity contribution in [3.8, 4) is 0 Å². The average Bonchev–Trinajstić information content (AvgIpc) is 2.47. The van der Waals surface area contributed by atoms with Gasteiger partial charge in [-0.05, 0) is 55.0 Å². The number of hydrogen-bond acceptors (Lipinski definition) is 1. The van der Waals surface area contributed by atoms with Gasteiger partial charge in [0.2, 0.25) is 0 Å². The van der Waals surface area contributed by atoms with Crippen molar-refractivity contribution in [2.24, 2.45) is 0 Å². The molecule has 2 aromatic carbocycles. The first-order valence-electron chi connectivity index (χ1n) is 7.30. The van der Waals surface area contributed by atoms with E-state index in [1.807, 2.05) is 6.07 Å². The van der Waals surface area contributed by atoms with Crippen LogP contribution in [0.2, 0.25) is 0 Å². The molecule has 2 aromatic rings. The molecule has 1 nitrogen and oxygen atoms in total. The number of halogens is 1. The second-order valence-corrected chi connectivity index (χ2v) is 5.65. The lowest BCUT2D eigenvalue weighted by molar-refractivity contribution is 0.413. The zero-order chi connectivity index (χ0) is 13.9. The Labute approximate surface area is 119 Å². The molecule has 0 radical (unpaired) electrons. The third-order valence-electron chi connectivity index (χ3n) is 4.18. The zero-order valence-electron chi connectivity index (χ0n) is 11.8. The molecule has 3 rings (SSSR count). The Morgan fingerprint density at radius 1 is 1.10 bits per heavy atom. The normalized spacial score (nSPS) is 19.4. The van der Waals surface area contributed by atoms with Gasteiger partial charge in [-0.1, -0.05) is 36.4 Å². The summed E-state index contributed by atoms with van der Waals surface area (Å²) in [5.41, 5.74) is 3.94. The summed E-state index contributed by atoms with van der Waals surface area (Å²) in [5.74, 6) is -0.162. The molecule has 0 saturated carbocycles. The summed E-state index contributed by atoms with van der Waals surface area (Å²) in [5, 5.41) is 3.64. The molecule has 2 unspecified atom stereocenters. The minimum atomic E-state index is -0.162. The van der Waals surface area contributed by atoms with Crippen LogP contribution >= 0.6 is 0 Å². The van der Waals surface area contributed by atoms with Crippen molar-refractivity contribution >= 4 is 0 Å². The Balaban J connectivity index is 1.67. The molecular weight excluding hydrogens is 249 g/mol. The molecule has 2 atom stereocenters. The average molecular weight is 269 g/mol. The predicted molar refractivity (Wildman–Crippen MR) is 80.2 cm³/mol. The molecule has 0 heterocycles. The second kappa shape index (κ2) is 5.76. The topological polar surface area (TPSA) is 12.0 Å². The molecule has 0 bridgehead atoms. The fraction of sp³-hybridized carbons (Fsp3) is 0.333. The molecule has 1 aliphatic rings. The zero-order valence-corrected chi connectivity index (χ0v) is 11.8. The van der Waals surface area contributed by atoms with E-state index in [1.165, 1.54) is 17.2 Å². The largest absolute Gasteiger partial charge is 0.307 e. The van der Waals surface area contributed by atoms with E-state index in [4.69, 9.17) is 0 Å². The lowest BCUT2D eigenvalue weighted by atomic mass is 9.88. The summed E-state index contributed by atoms with van der Waals surface area (Å²) >= 11 is 0. The number of benzene rings is 2. The van der Waals surface area contributed by atoms with Crippen molar-refractivity contribution in [3.63, 3.8) is 0 Å². The first kappa shape index (κ1) is 13.3. The Morgan fingerprint density at radius 3 is 2.70 bits per heavy atom. The second-order valence-electron chi connectivity index (χ2n) is 5.65. The molecule has 0 aromatic heterocycles. The first-order valence-corrected chi connectivity index (χ1v) is 7.30. The summed E-state index contributed by atoms with van der Waals surface area (Å²) in [4.78, 5) is 0. The van der Waals surface area contributed by atoms with Gasteiger partial charge in [-0.25, -0.2) is 4.39 Å². The Kier molecular flexibility index (Phi) is 3.83. The number of fused-ring (bicyclic) bond motifs is 1. The van der Waals surface area contributed by atoms with E-state index in [2.05, 4.69) is 36.5 Å². The van der Waals surface area contributed by atoms with Crippen molar-refractivity contribution in [2.75, 3.05) is 0 Å². The summed E-state index contributed by atoms with van der Waals surface area (Å²) < 4.78 is 13.3. The van der Waals surface area contributed by atoms with Gasteiger partial charge in [-0.15, -0.1) is 0 Å². The SMILES string of the molecule is CC(NC1CCc2ccccc2C1)c1cccc(F)c1. The van der Waals surface area contributed by atoms with E-state index < -0.39 is 0 Å². The molecule has 1 N–H and O–H groups in total. The summed E-state index contributed by atoms with van der Waals surface area (Å²) in [6, 6.07) is 16.2. The highest BCUT2D eigenvalue weighted by Gasteiger charge is 2.20. The van der Waals surface area contributed by atoms with Crippen LogP contribution in [0.25, 0.3) is 0 Å². The molecule has 20 heavy (non-hydrogen) atoms. The van der Waals surface area contributed by atoms with E-state index in [-0.39, 0.29) is 11.9 Å². The third-order valence-corrected chi connectivity index (χ3v) is 4.18. The molecule has 0 saturated heterocycles. The molecule has 2 heteroatoms. The standard InChI is InChI=1S/C18H20FN/c1-13(15-7-4-8-17(19)11-15)20-18-10-9-14-5-2-3-6-16(14)12-18/h2-8,11,13,18,20H,9-10,12H2,1H3. The lowest BCUT2D eigenvalue weighted by Crippen LogP contribution is -2.36. The van der Waals surface area contributed by atoms with Crippen molar-refractivity contribution < 1.29 is 4.39 Å². The van der Waals surface area contributed by atoms with Gasteiger partial charge in [-0.2, -0.15) is 0 Å². The van der Waals surface area contributed by atoms with Gasteiger partial charge >= 0.3 is 0 Å². The minimum Gasteiger partial charge on any atom is -0.307 e. The third kappa shape index (κ3) is 2.91. The van der Waals surface area contributed by atoms with Gasteiger partial charge in [0.15, 0.2) is 0 Å². The van der Waals surface area contributed by atoms with Gasteiger partial charge in [0.25, 0.3) is 0 Å². The van der Waals surface area contributed by atoms with Crippen molar-refractivity contribution in [1.29, 1.82) is 0 Å². The van der Waals surface area contributed by atoms with Crippen molar-refractivity contribution in [1.82, 2.24) is 5.32 Å². The smallest absolute Gasteiger partial charge is 0.123 e. The van der Waals surface area contributed by atoms with Crippen LogP contribution in [0.5, 0.6) is 0 Å².